The first kappa shape index (κ1) is 12.5. The summed E-state index contributed by atoms with van der Waals surface area (Å²) in [5.41, 5.74) is 3.44. The van der Waals surface area contributed by atoms with E-state index in [1.165, 1.54) is 11.3 Å². The van der Waals surface area contributed by atoms with E-state index in [2.05, 4.69) is 4.98 Å². The van der Waals surface area contributed by atoms with Gasteiger partial charge in [0.25, 0.3) is 0 Å². The predicted octanol–water partition coefficient (Wildman–Crippen LogP) is 2.35. The highest BCUT2D eigenvalue weighted by Gasteiger charge is 2.23. The Bertz CT molecular complexity index is 636. The molecular weight excluding hydrogens is 264 g/mol. The van der Waals surface area contributed by atoms with Crippen molar-refractivity contribution >= 4 is 28.4 Å². The quantitative estimate of drug-likeness (QED) is 0.916. The molecule has 1 aromatic carbocycles. The third-order valence-electron chi connectivity index (χ3n) is 3.56. The summed E-state index contributed by atoms with van der Waals surface area (Å²) in [6.45, 7) is 1.51. The highest BCUT2D eigenvalue weighted by atomic mass is 35.5. The van der Waals surface area contributed by atoms with Gasteiger partial charge in [-0.3, -0.25) is 4.79 Å². The van der Waals surface area contributed by atoms with Gasteiger partial charge in [0.1, 0.15) is 6.61 Å². The molecule has 5 heteroatoms. The van der Waals surface area contributed by atoms with Crippen LogP contribution in [0.15, 0.2) is 18.2 Å². The number of nitrogens with zero attached hydrogens (tertiary/aromatic N) is 1. The van der Waals surface area contributed by atoms with Gasteiger partial charge in [-0.2, -0.15) is 0 Å². The maximum atomic E-state index is 11.9. The molecule has 19 heavy (non-hydrogen) atoms. The highest BCUT2D eigenvalue weighted by Crippen LogP contribution is 2.29. The maximum absolute atomic E-state index is 11.9. The van der Waals surface area contributed by atoms with Gasteiger partial charge in [-0.25, -0.2) is 0 Å². The molecular formula is C14H15ClN2O2. The number of carbonyl (C=O) groups is 1. The molecule has 2 aromatic rings. The molecule has 0 atom stereocenters. The molecule has 1 aliphatic rings. The van der Waals surface area contributed by atoms with E-state index in [1.54, 1.807) is 7.11 Å². The number of ether oxygens (including phenoxy) is 1. The minimum atomic E-state index is 0.0384. The monoisotopic (exact) mass is 278 g/mol. The van der Waals surface area contributed by atoms with Crippen LogP contribution in [0.3, 0.4) is 0 Å². The van der Waals surface area contributed by atoms with Crippen molar-refractivity contribution in [2.24, 2.45) is 0 Å². The molecule has 3 rings (SSSR count). The number of benzene rings is 1. The Labute approximate surface area is 116 Å². The third-order valence-corrected chi connectivity index (χ3v) is 3.79. The van der Waals surface area contributed by atoms with Crippen LogP contribution in [-0.4, -0.2) is 36.1 Å². The van der Waals surface area contributed by atoms with Crippen molar-refractivity contribution in [3.63, 3.8) is 0 Å². The summed E-state index contributed by atoms with van der Waals surface area (Å²) in [6.07, 6.45) is 0.844. The van der Waals surface area contributed by atoms with Crippen molar-refractivity contribution in [3.05, 3.63) is 34.5 Å². The second-order valence-electron chi connectivity index (χ2n) is 4.77. The van der Waals surface area contributed by atoms with Gasteiger partial charge in [-0.05, 0) is 12.1 Å². The highest BCUT2D eigenvalue weighted by molar-refractivity contribution is 6.31. The first-order valence-corrected chi connectivity index (χ1v) is 6.62. The number of halogens is 1. The van der Waals surface area contributed by atoms with Crippen LogP contribution in [0.4, 0.5) is 0 Å². The van der Waals surface area contributed by atoms with Gasteiger partial charge >= 0.3 is 0 Å². The minimum absolute atomic E-state index is 0.0384. The van der Waals surface area contributed by atoms with Crippen molar-refractivity contribution in [2.75, 3.05) is 20.3 Å². The Morgan fingerprint density at radius 2 is 2.37 bits per heavy atom. The largest absolute Gasteiger partial charge is 0.375 e. The van der Waals surface area contributed by atoms with Crippen LogP contribution in [0.2, 0.25) is 5.02 Å². The second-order valence-corrected chi connectivity index (χ2v) is 5.21. The number of aromatic nitrogens is 1. The lowest BCUT2D eigenvalue weighted by atomic mass is 10.0. The number of hydrogen-bond acceptors (Lipinski definition) is 2. The number of aromatic amines is 1. The van der Waals surface area contributed by atoms with Crippen LogP contribution in [0.1, 0.15) is 11.3 Å². The van der Waals surface area contributed by atoms with E-state index >= 15 is 0 Å². The first-order chi connectivity index (χ1) is 9.19. The molecule has 0 saturated heterocycles. The predicted molar refractivity (Wildman–Crippen MR) is 74.3 cm³/mol. The molecule has 4 nitrogen and oxygen atoms in total. The lowest BCUT2D eigenvalue weighted by Crippen LogP contribution is -2.37. The average molecular weight is 279 g/mol. The van der Waals surface area contributed by atoms with Crippen molar-refractivity contribution in [3.8, 4) is 0 Å². The fourth-order valence-electron chi connectivity index (χ4n) is 2.62. The topological polar surface area (TPSA) is 45.3 Å². The Morgan fingerprint density at radius 1 is 1.53 bits per heavy atom. The number of amides is 1. The fourth-order valence-corrected chi connectivity index (χ4v) is 2.79. The van der Waals surface area contributed by atoms with E-state index in [-0.39, 0.29) is 12.5 Å². The van der Waals surface area contributed by atoms with Crippen molar-refractivity contribution < 1.29 is 9.53 Å². The molecule has 0 unspecified atom stereocenters. The molecule has 1 amide bonds. The number of methoxy groups -OCH3 is 1. The maximum Gasteiger partial charge on any atom is 0.248 e. The van der Waals surface area contributed by atoms with Gasteiger partial charge < -0.3 is 14.6 Å². The number of hydrogen-bond donors (Lipinski definition) is 1. The summed E-state index contributed by atoms with van der Waals surface area (Å²) in [6, 6.07) is 5.82. The van der Waals surface area contributed by atoms with Crippen LogP contribution in [0, 0.1) is 0 Å². The van der Waals surface area contributed by atoms with Gasteiger partial charge in [0.05, 0.1) is 0 Å². The summed E-state index contributed by atoms with van der Waals surface area (Å²) in [5.74, 6) is 0.0384. The second kappa shape index (κ2) is 4.87. The van der Waals surface area contributed by atoms with E-state index in [0.29, 0.717) is 6.54 Å². The van der Waals surface area contributed by atoms with Crippen LogP contribution in [-0.2, 0) is 22.5 Å². The molecule has 0 spiro atoms. The number of H-pyrrole nitrogens is 1. The van der Waals surface area contributed by atoms with Crippen LogP contribution >= 0.6 is 11.6 Å². The number of rotatable bonds is 2. The van der Waals surface area contributed by atoms with Crippen LogP contribution < -0.4 is 0 Å². The Kier molecular flexibility index (Phi) is 3.21. The number of carbonyl (C=O) groups excluding carboxylic acids is 1. The molecule has 2 heterocycles. The van der Waals surface area contributed by atoms with E-state index in [9.17, 15) is 4.79 Å². The van der Waals surface area contributed by atoms with E-state index in [4.69, 9.17) is 16.3 Å². The van der Waals surface area contributed by atoms with Gasteiger partial charge in [0.15, 0.2) is 0 Å². The van der Waals surface area contributed by atoms with Crippen molar-refractivity contribution in [2.45, 2.75) is 13.0 Å². The Balaban J connectivity index is 1.95. The molecule has 0 radical (unpaired) electrons. The summed E-state index contributed by atoms with van der Waals surface area (Å²) in [5, 5.41) is 1.87. The summed E-state index contributed by atoms with van der Waals surface area (Å²) in [4.78, 5) is 17.1. The van der Waals surface area contributed by atoms with Gasteiger partial charge in [0.2, 0.25) is 5.91 Å². The number of nitrogens with one attached hydrogen (secondary N) is 1. The summed E-state index contributed by atoms with van der Waals surface area (Å²) < 4.78 is 4.91. The van der Waals surface area contributed by atoms with Gasteiger partial charge in [-0.15, -0.1) is 0 Å². The smallest absolute Gasteiger partial charge is 0.248 e. The summed E-state index contributed by atoms with van der Waals surface area (Å²) in [7, 11) is 1.54. The number of fused-ring (bicyclic) bond motifs is 3. The van der Waals surface area contributed by atoms with Gasteiger partial charge in [0, 0.05) is 53.8 Å². The standard InChI is InChI=1S/C14H15ClN2O2/c1-19-8-14(18)17-5-4-12-11(7-17)10-3-2-9(15)6-13(10)16-12/h2-3,6,16H,4-5,7-8H2,1H3. The normalized spacial score (nSPS) is 14.7. The Morgan fingerprint density at radius 3 is 3.16 bits per heavy atom. The zero-order chi connectivity index (χ0) is 13.4. The van der Waals surface area contributed by atoms with Gasteiger partial charge in [-0.1, -0.05) is 17.7 Å². The zero-order valence-electron chi connectivity index (χ0n) is 10.7. The van der Waals surface area contributed by atoms with Crippen LogP contribution in [0.5, 0.6) is 0 Å². The van der Waals surface area contributed by atoms with E-state index in [0.717, 1.165) is 28.9 Å². The lowest BCUT2D eigenvalue weighted by Gasteiger charge is -2.27. The average Bonchev–Trinajstić information content (AvgIpc) is 2.75. The SMILES string of the molecule is COCC(=O)N1CCc2[nH]c3cc(Cl)ccc3c2C1. The lowest BCUT2D eigenvalue weighted by molar-refractivity contribution is -0.136. The van der Waals surface area contributed by atoms with E-state index in [1.807, 2.05) is 23.1 Å². The molecule has 0 bridgehead atoms. The molecule has 1 aliphatic heterocycles. The first-order valence-electron chi connectivity index (χ1n) is 6.24. The van der Waals surface area contributed by atoms with Crippen molar-refractivity contribution in [1.29, 1.82) is 0 Å². The summed E-state index contributed by atoms with van der Waals surface area (Å²) >= 11 is 6.00. The minimum Gasteiger partial charge on any atom is -0.375 e. The van der Waals surface area contributed by atoms with E-state index < -0.39 is 0 Å². The molecule has 1 aromatic heterocycles. The Hall–Kier alpha value is -1.52. The zero-order valence-corrected chi connectivity index (χ0v) is 11.5. The van der Waals surface area contributed by atoms with Crippen molar-refractivity contribution in [1.82, 2.24) is 9.88 Å². The molecule has 0 saturated carbocycles. The molecule has 1 N–H and O–H groups in total. The fraction of sp³-hybridized carbons (Fsp3) is 0.357. The van der Waals surface area contributed by atoms with Crippen LogP contribution in [0.25, 0.3) is 10.9 Å². The molecule has 100 valence electrons. The third kappa shape index (κ3) is 2.22. The molecule has 0 aliphatic carbocycles. The molecule has 0 fully saturated rings.